The van der Waals surface area contributed by atoms with E-state index in [2.05, 4.69) is 21.7 Å². The molecule has 0 saturated carbocycles. The number of piperidine rings is 1. The molecule has 1 N–H and O–H groups in total. The summed E-state index contributed by atoms with van der Waals surface area (Å²) >= 11 is 0. The summed E-state index contributed by atoms with van der Waals surface area (Å²) in [6.45, 7) is 3.56. The van der Waals surface area contributed by atoms with Crippen LogP contribution in [-0.2, 0) is 4.79 Å². The first kappa shape index (κ1) is 26.6. The number of nitrogens with zero attached hydrogens (tertiary/aromatic N) is 2. The predicted octanol–water partition coefficient (Wildman–Crippen LogP) is 5.95. The Morgan fingerprint density at radius 3 is 2.84 bits per heavy atom. The van der Waals surface area contributed by atoms with E-state index in [1.807, 2.05) is 12.1 Å². The number of pyridine rings is 1. The fraction of sp³-hybridized carbons (Fsp3) is 0.400. The van der Waals surface area contributed by atoms with Crippen molar-refractivity contribution < 1.29 is 23.4 Å². The number of benzene rings is 2. The minimum absolute atomic E-state index is 0.0457. The Hall–Kier alpha value is -3.50. The van der Waals surface area contributed by atoms with Crippen LogP contribution < -0.4 is 4.74 Å². The molecule has 4 rings (SSSR count). The number of halogens is 2. The van der Waals surface area contributed by atoms with Crippen LogP contribution in [0.3, 0.4) is 0 Å². The molecule has 0 bridgehead atoms. The molecule has 0 spiro atoms. The molecule has 1 saturated heterocycles. The summed E-state index contributed by atoms with van der Waals surface area (Å²) in [6, 6.07) is 12.1. The summed E-state index contributed by atoms with van der Waals surface area (Å²) in [5.74, 6) is 5.65. The third-order valence-electron chi connectivity index (χ3n) is 7.23. The van der Waals surface area contributed by atoms with Gasteiger partial charge in [0, 0.05) is 30.1 Å². The third-order valence-corrected chi connectivity index (χ3v) is 7.23. The van der Waals surface area contributed by atoms with Crippen molar-refractivity contribution in [2.75, 3.05) is 26.7 Å². The first-order valence-electron chi connectivity index (χ1n) is 12.6. The van der Waals surface area contributed by atoms with Gasteiger partial charge in [0.05, 0.1) is 19.2 Å². The number of carbonyl (C=O) groups is 1. The minimum atomic E-state index is -1.18. The lowest BCUT2D eigenvalue weighted by Crippen LogP contribution is -2.41. The number of methoxy groups -OCH3 is 1. The van der Waals surface area contributed by atoms with E-state index in [0.717, 1.165) is 18.4 Å². The molecule has 0 aliphatic carbocycles. The number of hydrogen-bond acceptors (Lipinski definition) is 4. The van der Waals surface area contributed by atoms with E-state index in [9.17, 15) is 14.3 Å². The maximum absolute atomic E-state index is 15.5. The van der Waals surface area contributed by atoms with Crippen LogP contribution in [0.5, 0.6) is 5.75 Å². The van der Waals surface area contributed by atoms with Crippen molar-refractivity contribution in [3.05, 3.63) is 71.2 Å². The summed E-state index contributed by atoms with van der Waals surface area (Å²) in [5.41, 5.74) is 2.50. The quantitative estimate of drug-likeness (QED) is 0.383. The van der Waals surface area contributed by atoms with Gasteiger partial charge in [0.2, 0.25) is 0 Å². The number of carboxylic acids is 1. The Morgan fingerprint density at radius 2 is 2.08 bits per heavy atom. The molecule has 1 aliphatic rings. The van der Waals surface area contributed by atoms with Crippen molar-refractivity contribution in [2.45, 2.75) is 38.8 Å². The van der Waals surface area contributed by atoms with Gasteiger partial charge in [-0.3, -0.25) is 14.7 Å². The fourth-order valence-corrected chi connectivity index (χ4v) is 5.12. The lowest BCUT2D eigenvalue weighted by molar-refractivity contribution is -0.139. The normalized spacial score (nSPS) is 18.7. The molecule has 0 unspecified atom stereocenters. The topological polar surface area (TPSA) is 62.7 Å². The van der Waals surface area contributed by atoms with Crippen LogP contribution in [0, 0.1) is 36.4 Å². The van der Waals surface area contributed by atoms with E-state index in [4.69, 9.17) is 4.74 Å². The largest absolute Gasteiger partial charge is 0.497 e. The van der Waals surface area contributed by atoms with Gasteiger partial charge in [-0.05, 0) is 92.1 Å². The van der Waals surface area contributed by atoms with E-state index in [1.165, 1.54) is 6.07 Å². The number of carboxylic acid groups (broad SMARTS) is 1. The highest BCUT2D eigenvalue weighted by molar-refractivity contribution is 5.83. The second kappa shape index (κ2) is 12.2. The van der Waals surface area contributed by atoms with Crippen LogP contribution in [-0.4, -0.2) is 47.7 Å². The number of ether oxygens (including phenoxy) is 1. The first-order chi connectivity index (χ1) is 17.8. The molecule has 5 nitrogen and oxygen atoms in total. The number of aromatic nitrogens is 1. The molecule has 3 aromatic rings. The van der Waals surface area contributed by atoms with Crippen LogP contribution in [0.2, 0.25) is 0 Å². The molecule has 7 heteroatoms. The molecule has 2 aromatic carbocycles. The Labute approximate surface area is 216 Å². The Balaban J connectivity index is 1.39. The highest BCUT2D eigenvalue weighted by atomic mass is 19.1. The number of fused-ring (bicyclic) bond motifs is 1. The van der Waals surface area contributed by atoms with Crippen LogP contribution in [0.25, 0.3) is 10.9 Å². The molecule has 1 aromatic heterocycles. The van der Waals surface area contributed by atoms with Crippen molar-refractivity contribution in [1.29, 1.82) is 0 Å². The number of likely N-dealkylation sites (tertiary alicyclic amines) is 1. The SMILES string of the molecule is COc1ccc2nccc([C@@H](F)CC[C@@H]3CCN(CC#Cc4ccc(C)c(F)c4)C[C@@H]3CC(=O)O)c2c1. The first-order valence-corrected chi connectivity index (χ1v) is 12.6. The monoisotopic (exact) mass is 506 g/mol. The van der Waals surface area contributed by atoms with E-state index in [0.29, 0.717) is 53.9 Å². The van der Waals surface area contributed by atoms with E-state index in [1.54, 1.807) is 44.5 Å². The fourth-order valence-electron chi connectivity index (χ4n) is 5.12. The molecule has 1 fully saturated rings. The maximum atomic E-state index is 15.5. The van der Waals surface area contributed by atoms with Gasteiger partial charge in [0.1, 0.15) is 17.7 Å². The summed E-state index contributed by atoms with van der Waals surface area (Å²) < 4.78 is 34.5. The van der Waals surface area contributed by atoms with Gasteiger partial charge in [-0.25, -0.2) is 8.78 Å². The van der Waals surface area contributed by atoms with Crippen LogP contribution >= 0.6 is 0 Å². The second-order valence-corrected chi connectivity index (χ2v) is 9.74. The molecule has 194 valence electrons. The van der Waals surface area contributed by atoms with Gasteiger partial charge < -0.3 is 9.84 Å². The Morgan fingerprint density at radius 1 is 1.24 bits per heavy atom. The zero-order chi connectivity index (χ0) is 26.4. The molecule has 3 atom stereocenters. The smallest absolute Gasteiger partial charge is 0.303 e. The highest BCUT2D eigenvalue weighted by Crippen LogP contribution is 2.36. The molecule has 0 amide bonds. The van der Waals surface area contributed by atoms with Crippen molar-refractivity contribution in [2.24, 2.45) is 11.8 Å². The summed E-state index contributed by atoms with van der Waals surface area (Å²) in [6.07, 6.45) is 2.20. The number of alkyl halides is 1. The number of rotatable bonds is 8. The van der Waals surface area contributed by atoms with Gasteiger partial charge in [-0.2, -0.15) is 0 Å². The van der Waals surface area contributed by atoms with Crippen molar-refractivity contribution in [3.8, 4) is 17.6 Å². The number of aliphatic carboxylic acids is 1. The zero-order valence-corrected chi connectivity index (χ0v) is 21.2. The van der Waals surface area contributed by atoms with Crippen LogP contribution in [0.1, 0.15) is 48.5 Å². The molecule has 2 heterocycles. The lowest BCUT2D eigenvalue weighted by atomic mass is 9.79. The average Bonchev–Trinajstić information content (AvgIpc) is 2.89. The van der Waals surface area contributed by atoms with E-state index >= 15 is 4.39 Å². The number of hydrogen-bond donors (Lipinski definition) is 1. The molecule has 0 radical (unpaired) electrons. The van der Waals surface area contributed by atoms with Gasteiger partial charge >= 0.3 is 5.97 Å². The van der Waals surface area contributed by atoms with Crippen molar-refractivity contribution in [1.82, 2.24) is 9.88 Å². The van der Waals surface area contributed by atoms with Crippen molar-refractivity contribution in [3.63, 3.8) is 0 Å². The summed E-state index contributed by atoms with van der Waals surface area (Å²) in [4.78, 5) is 18.0. The van der Waals surface area contributed by atoms with Gasteiger partial charge in [0.25, 0.3) is 0 Å². The molecule has 37 heavy (non-hydrogen) atoms. The summed E-state index contributed by atoms with van der Waals surface area (Å²) in [5, 5.41) is 10.2. The van der Waals surface area contributed by atoms with Crippen LogP contribution in [0.15, 0.2) is 48.7 Å². The second-order valence-electron chi connectivity index (χ2n) is 9.74. The Bertz CT molecular complexity index is 1320. The average molecular weight is 507 g/mol. The van der Waals surface area contributed by atoms with Crippen LogP contribution in [0.4, 0.5) is 8.78 Å². The standard InChI is InChI=1S/C30H32F2N2O3/c1-20-5-6-21(16-28(20)32)4-3-14-34-15-12-22(23(19-34)17-30(35)36)7-9-27(31)25-11-13-33-29-10-8-24(37-2)18-26(25)29/h5-6,8,10-11,13,16,18,22-23,27H,7,9,12,14-15,17,19H2,1-2H3,(H,35,36)/t22-,23+,27+/m1/s1. The molecular formula is C30H32F2N2O3. The molecular weight excluding hydrogens is 474 g/mol. The third kappa shape index (κ3) is 6.84. The predicted molar refractivity (Wildman–Crippen MR) is 140 cm³/mol. The minimum Gasteiger partial charge on any atom is -0.497 e. The van der Waals surface area contributed by atoms with E-state index < -0.39 is 12.1 Å². The lowest BCUT2D eigenvalue weighted by Gasteiger charge is -2.37. The van der Waals surface area contributed by atoms with E-state index in [-0.39, 0.29) is 24.1 Å². The molecule has 1 aliphatic heterocycles. The maximum Gasteiger partial charge on any atom is 0.303 e. The van der Waals surface area contributed by atoms with Crippen molar-refractivity contribution >= 4 is 16.9 Å². The zero-order valence-electron chi connectivity index (χ0n) is 21.2. The van der Waals surface area contributed by atoms with Gasteiger partial charge in [0.15, 0.2) is 0 Å². The van der Waals surface area contributed by atoms with Gasteiger partial charge in [-0.15, -0.1) is 0 Å². The Kier molecular flexibility index (Phi) is 8.73. The van der Waals surface area contributed by atoms with Gasteiger partial charge in [-0.1, -0.05) is 17.9 Å². The highest BCUT2D eigenvalue weighted by Gasteiger charge is 2.31. The number of aryl methyl sites for hydroxylation is 1. The summed E-state index contributed by atoms with van der Waals surface area (Å²) in [7, 11) is 1.58.